The molecule has 0 bridgehead atoms. The topological polar surface area (TPSA) is 63.4 Å². The number of hydrogen-bond donors (Lipinski definition) is 0. The molecule has 0 atom stereocenters. The molecule has 0 fully saturated rings. The van der Waals surface area contributed by atoms with Crippen LogP contribution < -0.4 is 0 Å². The quantitative estimate of drug-likeness (QED) is 0.868. The summed E-state index contributed by atoms with van der Waals surface area (Å²) in [5, 5.41) is 4.52. The lowest BCUT2D eigenvalue weighted by Crippen LogP contribution is -2.23. The van der Waals surface area contributed by atoms with Crippen LogP contribution in [0, 0.1) is 0 Å². The summed E-state index contributed by atoms with van der Waals surface area (Å²) in [5.74, 6) is -0.163. The molecule has 2 rings (SSSR count). The summed E-state index contributed by atoms with van der Waals surface area (Å²) in [6.45, 7) is 0. The van der Waals surface area contributed by atoms with E-state index in [0.29, 0.717) is 16.7 Å². The first kappa shape index (κ1) is 12.5. The molecular formula is C10H11BrN2O3S. The Balaban J connectivity index is 2.47. The van der Waals surface area contributed by atoms with Crippen LogP contribution in [0.2, 0.25) is 0 Å². The van der Waals surface area contributed by atoms with Crippen LogP contribution in [0.3, 0.4) is 0 Å². The molecule has 0 saturated carbocycles. The molecule has 1 heterocycles. The molecule has 0 unspecified atom stereocenters. The van der Waals surface area contributed by atoms with Crippen molar-refractivity contribution in [1.29, 1.82) is 0 Å². The van der Waals surface area contributed by atoms with Crippen molar-refractivity contribution in [2.24, 2.45) is 0 Å². The molecule has 2 aromatic rings. The van der Waals surface area contributed by atoms with Gasteiger partial charge in [0.1, 0.15) is 11.4 Å². The number of fused-ring (bicyclic) bond motifs is 1. The van der Waals surface area contributed by atoms with E-state index in [1.165, 1.54) is 18.4 Å². The van der Waals surface area contributed by atoms with Crippen LogP contribution in [-0.2, 0) is 15.8 Å². The van der Waals surface area contributed by atoms with Gasteiger partial charge in [-0.25, -0.2) is 12.7 Å². The molecule has 1 aromatic carbocycles. The SMILES string of the molecule is CN(C)S(=O)(=O)Cc1noc2ccc(Br)cc12. The summed E-state index contributed by atoms with van der Waals surface area (Å²) in [5.41, 5.74) is 1.01. The summed E-state index contributed by atoms with van der Waals surface area (Å²) in [6, 6.07) is 5.36. The number of sulfonamides is 1. The van der Waals surface area contributed by atoms with Gasteiger partial charge < -0.3 is 4.52 Å². The molecule has 0 radical (unpaired) electrons. The first-order valence-electron chi connectivity index (χ1n) is 4.84. The maximum atomic E-state index is 11.8. The lowest BCUT2D eigenvalue weighted by molar-refractivity contribution is 0.447. The van der Waals surface area contributed by atoms with E-state index in [2.05, 4.69) is 21.1 Å². The fraction of sp³-hybridized carbons (Fsp3) is 0.300. The van der Waals surface area contributed by atoms with Gasteiger partial charge in [0.05, 0.1) is 0 Å². The number of rotatable bonds is 3. The van der Waals surface area contributed by atoms with Crippen molar-refractivity contribution in [3.63, 3.8) is 0 Å². The second kappa shape index (κ2) is 4.40. The number of halogens is 1. The monoisotopic (exact) mass is 318 g/mol. The van der Waals surface area contributed by atoms with Crippen molar-refractivity contribution in [1.82, 2.24) is 9.46 Å². The Kier molecular flexibility index (Phi) is 3.24. The first-order valence-corrected chi connectivity index (χ1v) is 7.24. The smallest absolute Gasteiger partial charge is 0.219 e. The molecule has 92 valence electrons. The molecule has 0 spiro atoms. The van der Waals surface area contributed by atoms with Gasteiger partial charge in [-0.1, -0.05) is 21.1 Å². The van der Waals surface area contributed by atoms with Crippen LogP contribution in [0.1, 0.15) is 5.69 Å². The third-order valence-corrected chi connectivity index (χ3v) is 4.63. The van der Waals surface area contributed by atoms with Crippen LogP contribution in [0.25, 0.3) is 11.0 Å². The van der Waals surface area contributed by atoms with E-state index in [9.17, 15) is 8.42 Å². The van der Waals surface area contributed by atoms with E-state index in [1.54, 1.807) is 12.1 Å². The van der Waals surface area contributed by atoms with Gasteiger partial charge in [0.25, 0.3) is 0 Å². The fourth-order valence-electron chi connectivity index (χ4n) is 1.37. The summed E-state index contributed by atoms with van der Waals surface area (Å²) in [4.78, 5) is 0. The zero-order chi connectivity index (χ0) is 12.6. The Hall–Kier alpha value is -0.920. The van der Waals surface area contributed by atoms with E-state index >= 15 is 0 Å². The summed E-state index contributed by atoms with van der Waals surface area (Å²) < 4.78 is 30.6. The Morgan fingerprint density at radius 2 is 2.12 bits per heavy atom. The van der Waals surface area contributed by atoms with Crippen molar-refractivity contribution < 1.29 is 12.9 Å². The molecule has 17 heavy (non-hydrogen) atoms. The van der Waals surface area contributed by atoms with Crippen molar-refractivity contribution >= 4 is 36.9 Å². The van der Waals surface area contributed by atoms with Gasteiger partial charge in [0, 0.05) is 24.0 Å². The van der Waals surface area contributed by atoms with Crippen molar-refractivity contribution in [2.45, 2.75) is 5.75 Å². The second-order valence-electron chi connectivity index (χ2n) is 3.81. The molecular weight excluding hydrogens is 308 g/mol. The summed E-state index contributed by atoms with van der Waals surface area (Å²) in [7, 11) is -0.343. The highest BCUT2D eigenvalue weighted by Crippen LogP contribution is 2.24. The van der Waals surface area contributed by atoms with E-state index in [1.807, 2.05) is 6.07 Å². The van der Waals surface area contributed by atoms with Crippen LogP contribution >= 0.6 is 15.9 Å². The molecule has 0 aliphatic carbocycles. The highest BCUT2D eigenvalue weighted by Gasteiger charge is 2.19. The van der Waals surface area contributed by atoms with E-state index in [-0.39, 0.29) is 5.75 Å². The maximum absolute atomic E-state index is 11.8. The number of hydrogen-bond acceptors (Lipinski definition) is 4. The van der Waals surface area contributed by atoms with Gasteiger partial charge in [-0.2, -0.15) is 0 Å². The van der Waals surface area contributed by atoms with E-state index in [0.717, 1.165) is 4.47 Å². The minimum atomic E-state index is -3.33. The zero-order valence-corrected chi connectivity index (χ0v) is 11.7. The highest BCUT2D eigenvalue weighted by atomic mass is 79.9. The summed E-state index contributed by atoms with van der Waals surface area (Å²) in [6.07, 6.45) is 0. The molecule has 0 amide bonds. The standard InChI is InChI=1S/C10H11BrN2O3S/c1-13(2)17(14,15)6-9-8-5-7(11)3-4-10(8)16-12-9/h3-5H,6H2,1-2H3. The van der Waals surface area contributed by atoms with Crippen molar-refractivity contribution in [2.75, 3.05) is 14.1 Å². The third-order valence-electron chi connectivity index (χ3n) is 2.38. The fourth-order valence-corrected chi connectivity index (χ4v) is 2.54. The van der Waals surface area contributed by atoms with Gasteiger partial charge in [-0.15, -0.1) is 0 Å². The van der Waals surface area contributed by atoms with E-state index < -0.39 is 10.0 Å². The molecule has 5 nitrogen and oxygen atoms in total. The minimum absolute atomic E-state index is 0.163. The van der Waals surface area contributed by atoms with Gasteiger partial charge in [-0.3, -0.25) is 0 Å². The number of nitrogens with zero attached hydrogens (tertiary/aromatic N) is 2. The van der Waals surface area contributed by atoms with Crippen molar-refractivity contribution in [3.05, 3.63) is 28.4 Å². The zero-order valence-electron chi connectivity index (χ0n) is 9.34. The van der Waals surface area contributed by atoms with Crippen LogP contribution in [-0.4, -0.2) is 32.0 Å². The Bertz CT molecular complexity index is 649. The highest BCUT2D eigenvalue weighted by molar-refractivity contribution is 9.10. The van der Waals surface area contributed by atoms with Gasteiger partial charge >= 0.3 is 0 Å². The Morgan fingerprint density at radius 3 is 2.76 bits per heavy atom. The molecule has 7 heteroatoms. The van der Waals surface area contributed by atoms with Gasteiger partial charge in [-0.05, 0) is 18.2 Å². The lowest BCUT2D eigenvalue weighted by Gasteiger charge is -2.09. The largest absolute Gasteiger partial charge is 0.356 e. The predicted octanol–water partition coefficient (Wildman–Crippen LogP) is 1.98. The summed E-state index contributed by atoms with van der Waals surface area (Å²) >= 11 is 3.33. The Morgan fingerprint density at radius 1 is 1.41 bits per heavy atom. The first-order chi connectivity index (χ1) is 7.90. The van der Waals surface area contributed by atoms with Crippen LogP contribution in [0.4, 0.5) is 0 Å². The molecule has 0 aliphatic rings. The minimum Gasteiger partial charge on any atom is -0.356 e. The van der Waals surface area contributed by atoms with Gasteiger partial charge in [0.2, 0.25) is 10.0 Å². The number of benzene rings is 1. The average Bonchev–Trinajstić information content (AvgIpc) is 2.60. The van der Waals surface area contributed by atoms with Crippen molar-refractivity contribution in [3.8, 4) is 0 Å². The van der Waals surface area contributed by atoms with Crippen LogP contribution in [0.15, 0.2) is 27.2 Å². The molecule has 0 aliphatic heterocycles. The predicted molar refractivity (Wildman–Crippen MR) is 68.0 cm³/mol. The van der Waals surface area contributed by atoms with Crippen LogP contribution in [0.5, 0.6) is 0 Å². The Labute approximate surface area is 108 Å². The number of aromatic nitrogens is 1. The normalized spacial score (nSPS) is 12.5. The van der Waals surface area contributed by atoms with E-state index in [4.69, 9.17) is 4.52 Å². The maximum Gasteiger partial charge on any atom is 0.219 e. The van der Waals surface area contributed by atoms with Gasteiger partial charge in [0.15, 0.2) is 5.58 Å². The lowest BCUT2D eigenvalue weighted by atomic mass is 10.2. The molecule has 1 aromatic heterocycles. The second-order valence-corrected chi connectivity index (χ2v) is 6.91. The average molecular weight is 319 g/mol. The third kappa shape index (κ3) is 2.51. The molecule has 0 saturated heterocycles. The molecule has 0 N–H and O–H groups in total.